The molecule has 0 fully saturated rings. The molecule has 0 aliphatic rings. The van der Waals surface area contributed by atoms with Crippen LogP contribution in [0.15, 0.2) is 35.7 Å². The Morgan fingerprint density at radius 1 is 1.42 bits per heavy atom. The van der Waals surface area contributed by atoms with Crippen LogP contribution in [0, 0.1) is 11.7 Å². The van der Waals surface area contributed by atoms with Gasteiger partial charge in [-0.3, -0.25) is 14.5 Å². The molecule has 0 radical (unpaired) electrons. The molecule has 0 aliphatic carbocycles. The molecule has 2 N–H and O–H groups in total. The van der Waals surface area contributed by atoms with Gasteiger partial charge in [0.15, 0.2) is 10.6 Å². The lowest BCUT2D eigenvalue weighted by molar-refractivity contribution is -0.118. The van der Waals surface area contributed by atoms with Crippen molar-refractivity contribution in [1.82, 2.24) is 14.8 Å². The number of carbonyl (C=O) groups is 1. The zero-order valence-electron chi connectivity index (χ0n) is 13.0. The number of halogens is 1. The van der Waals surface area contributed by atoms with Crippen LogP contribution >= 0.6 is 35.2 Å². The number of benzene rings is 1. The fourth-order valence-corrected chi connectivity index (χ4v) is 3.52. The van der Waals surface area contributed by atoms with Crippen molar-refractivity contribution < 1.29 is 4.79 Å². The van der Waals surface area contributed by atoms with Gasteiger partial charge in [0.25, 0.3) is 0 Å². The van der Waals surface area contributed by atoms with E-state index in [1.165, 1.54) is 0 Å². The van der Waals surface area contributed by atoms with Crippen molar-refractivity contribution >= 4 is 46.8 Å². The molecule has 3 aromatic rings. The summed E-state index contributed by atoms with van der Waals surface area (Å²) >= 11 is 13.0. The Bertz CT molecular complexity index is 930. The summed E-state index contributed by atoms with van der Waals surface area (Å²) in [7, 11) is 0. The molecule has 0 aliphatic heterocycles. The van der Waals surface area contributed by atoms with Crippen LogP contribution in [0.4, 0.5) is 5.69 Å². The van der Waals surface area contributed by atoms with Gasteiger partial charge in [0.05, 0.1) is 4.88 Å². The van der Waals surface area contributed by atoms with Crippen molar-refractivity contribution in [1.29, 1.82) is 0 Å². The van der Waals surface area contributed by atoms with Crippen LogP contribution in [-0.4, -0.2) is 20.7 Å². The smallest absolute Gasteiger partial charge is 0.247 e. The SMILES string of the molecule is Cc1c(Cl)cccc1NC(=O)[C@H](C)n1c(-c2cccs2)n[nH]c1=S. The minimum Gasteiger partial charge on any atom is -0.324 e. The molecule has 124 valence electrons. The van der Waals surface area contributed by atoms with Crippen molar-refractivity contribution in [3.05, 3.63) is 51.1 Å². The molecule has 0 bridgehead atoms. The second kappa shape index (κ2) is 6.88. The number of hydrogen-bond donors (Lipinski definition) is 2. The van der Waals surface area contributed by atoms with Crippen molar-refractivity contribution in [2.24, 2.45) is 0 Å². The standard InChI is InChI=1S/C16H15ClN4OS2/c1-9-11(17)5-3-6-12(9)18-15(22)10(2)21-14(19-20-16(21)23)13-7-4-8-24-13/h3-8,10H,1-2H3,(H,18,22)(H,20,23)/t10-/m0/s1. The van der Waals surface area contributed by atoms with Crippen LogP contribution < -0.4 is 5.32 Å². The summed E-state index contributed by atoms with van der Waals surface area (Å²) < 4.78 is 2.12. The van der Waals surface area contributed by atoms with Crippen LogP contribution in [0.25, 0.3) is 10.7 Å². The Hall–Kier alpha value is -1.96. The lowest BCUT2D eigenvalue weighted by atomic mass is 10.2. The van der Waals surface area contributed by atoms with E-state index >= 15 is 0 Å². The fraction of sp³-hybridized carbons (Fsp3) is 0.188. The maximum absolute atomic E-state index is 12.7. The number of H-pyrrole nitrogens is 1. The highest BCUT2D eigenvalue weighted by Crippen LogP contribution is 2.27. The highest BCUT2D eigenvalue weighted by Gasteiger charge is 2.22. The quantitative estimate of drug-likeness (QED) is 0.639. The lowest BCUT2D eigenvalue weighted by Gasteiger charge is -2.16. The molecule has 0 saturated carbocycles. The first-order valence-electron chi connectivity index (χ1n) is 7.26. The number of anilines is 1. The summed E-state index contributed by atoms with van der Waals surface area (Å²) in [5, 5.41) is 12.5. The Morgan fingerprint density at radius 2 is 2.21 bits per heavy atom. The summed E-state index contributed by atoms with van der Waals surface area (Å²) in [6, 6.07) is 8.76. The molecule has 2 heterocycles. The predicted molar refractivity (Wildman–Crippen MR) is 100 cm³/mol. The molecule has 0 saturated heterocycles. The third-order valence-corrected chi connectivity index (χ3v) is 5.30. The van der Waals surface area contributed by atoms with Crippen LogP contribution in [0.1, 0.15) is 18.5 Å². The first kappa shape index (κ1) is 16.9. The number of aromatic nitrogens is 3. The molecule has 8 heteroatoms. The van der Waals surface area contributed by atoms with Crippen LogP contribution in [0.2, 0.25) is 5.02 Å². The van der Waals surface area contributed by atoms with E-state index in [1.807, 2.05) is 30.5 Å². The average Bonchev–Trinajstić information content (AvgIpc) is 3.20. The molecule has 3 rings (SSSR count). The molecule has 1 amide bonds. The molecular formula is C16H15ClN4OS2. The normalized spacial score (nSPS) is 12.1. The summed E-state index contributed by atoms with van der Waals surface area (Å²) in [4.78, 5) is 13.6. The predicted octanol–water partition coefficient (Wildman–Crippen LogP) is 4.83. The topological polar surface area (TPSA) is 62.7 Å². The first-order valence-corrected chi connectivity index (χ1v) is 8.92. The molecule has 0 spiro atoms. The second-order valence-corrected chi connectivity index (χ2v) is 7.02. The van der Waals surface area contributed by atoms with Crippen LogP contribution in [-0.2, 0) is 4.79 Å². The number of nitrogens with zero attached hydrogens (tertiary/aromatic N) is 2. The van der Waals surface area contributed by atoms with E-state index in [1.54, 1.807) is 35.0 Å². The van der Waals surface area contributed by atoms with Gasteiger partial charge in [-0.15, -0.1) is 11.3 Å². The Kier molecular flexibility index (Phi) is 4.84. The Morgan fingerprint density at radius 3 is 2.92 bits per heavy atom. The molecule has 2 aromatic heterocycles. The van der Waals surface area contributed by atoms with Crippen molar-refractivity contribution in [3.8, 4) is 10.7 Å². The second-order valence-electron chi connectivity index (χ2n) is 5.28. The lowest BCUT2D eigenvalue weighted by Crippen LogP contribution is -2.24. The van der Waals surface area contributed by atoms with Gasteiger partial charge >= 0.3 is 0 Å². The Balaban J connectivity index is 1.91. The monoisotopic (exact) mass is 378 g/mol. The maximum atomic E-state index is 12.7. The zero-order valence-corrected chi connectivity index (χ0v) is 15.4. The number of amides is 1. The van der Waals surface area contributed by atoms with Crippen molar-refractivity contribution in [2.45, 2.75) is 19.9 Å². The number of nitrogens with one attached hydrogen (secondary N) is 2. The maximum Gasteiger partial charge on any atom is 0.247 e. The van der Waals surface area contributed by atoms with E-state index in [2.05, 4.69) is 15.5 Å². The summed E-state index contributed by atoms with van der Waals surface area (Å²) in [5.41, 5.74) is 1.51. The van der Waals surface area contributed by atoms with E-state index in [0.717, 1.165) is 10.4 Å². The molecule has 1 atom stereocenters. The number of hydrogen-bond acceptors (Lipinski definition) is 4. The zero-order chi connectivity index (χ0) is 17.3. The third-order valence-electron chi connectivity index (χ3n) is 3.74. The molecule has 24 heavy (non-hydrogen) atoms. The van der Waals surface area contributed by atoms with E-state index in [0.29, 0.717) is 21.3 Å². The van der Waals surface area contributed by atoms with E-state index in [9.17, 15) is 4.79 Å². The molecule has 5 nitrogen and oxygen atoms in total. The van der Waals surface area contributed by atoms with Gasteiger partial charge in [0, 0.05) is 10.7 Å². The van der Waals surface area contributed by atoms with E-state index in [-0.39, 0.29) is 5.91 Å². The summed E-state index contributed by atoms with van der Waals surface area (Å²) in [6.45, 7) is 3.65. The summed E-state index contributed by atoms with van der Waals surface area (Å²) in [6.07, 6.45) is 0. The van der Waals surface area contributed by atoms with Crippen molar-refractivity contribution in [3.63, 3.8) is 0 Å². The van der Waals surface area contributed by atoms with Gasteiger partial charge < -0.3 is 5.32 Å². The molecule has 1 aromatic carbocycles. The van der Waals surface area contributed by atoms with Gasteiger partial charge in [0.1, 0.15) is 6.04 Å². The third kappa shape index (κ3) is 3.15. The first-order chi connectivity index (χ1) is 11.5. The number of thiophene rings is 1. The van der Waals surface area contributed by atoms with Gasteiger partial charge in [-0.1, -0.05) is 23.7 Å². The molecular weight excluding hydrogens is 364 g/mol. The van der Waals surface area contributed by atoms with Crippen molar-refractivity contribution in [2.75, 3.05) is 5.32 Å². The molecule has 0 unspecified atom stereocenters. The minimum absolute atomic E-state index is 0.185. The largest absolute Gasteiger partial charge is 0.324 e. The summed E-state index contributed by atoms with van der Waals surface area (Å²) in [5.74, 6) is 0.469. The average molecular weight is 379 g/mol. The van der Waals surface area contributed by atoms with Gasteiger partial charge in [-0.05, 0) is 55.2 Å². The van der Waals surface area contributed by atoms with Crippen LogP contribution in [0.3, 0.4) is 0 Å². The number of rotatable bonds is 4. The van der Waals surface area contributed by atoms with Gasteiger partial charge in [-0.2, -0.15) is 5.10 Å². The van der Waals surface area contributed by atoms with Crippen LogP contribution in [0.5, 0.6) is 0 Å². The number of carbonyl (C=O) groups excluding carboxylic acids is 1. The minimum atomic E-state index is -0.522. The number of aromatic amines is 1. The van der Waals surface area contributed by atoms with E-state index in [4.69, 9.17) is 23.8 Å². The van der Waals surface area contributed by atoms with Gasteiger partial charge in [-0.25, -0.2) is 0 Å². The fourth-order valence-electron chi connectivity index (χ4n) is 2.34. The van der Waals surface area contributed by atoms with Gasteiger partial charge in [0.2, 0.25) is 5.91 Å². The highest BCUT2D eigenvalue weighted by atomic mass is 35.5. The highest BCUT2D eigenvalue weighted by molar-refractivity contribution is 7.71. The van der Waals surface area contributed by atoms with E-state index < -0.39 is 6.04 Å². The Labute approximate surface area is 153 Å².